The van der Waals surface area contributed by atoms with Crippen molar-refractivity contribution in [3.8, 4) is 17.1 Å². The van der Waals surface area contributed by atoms with E-state index in [0.29, 0.717) is 18.1 Å². The van der Waals surface area contributed by atoms with Gasteiger partial charge in [0.15, 0.2) is 0 Å². The zero-order valence-electron chi connectivity index (χ0n) is 25.5. The average molecular weight is 720 g/mol. The Kier molecular flexibility index (Phi) is 12.0. The van der Waals surface area contributed by atoms with Gasteiger partial charge in [-0.2, -0.15) is 4.98 Å². The Morgan fingerprint density at radius 3 is 2.29 bits per heavy atom. The third-order valence-corrected chi connectivity index (χ3v) is 8.31. The largest absolute Gasteiger partial charge is 0.478 e. The number of sulfonamides is 1. The molecule has 0 unspecified atom stereocenters. The van der Waals surface area contributed by atoms with Crippen molar-refractivity contribution in [1.29, 1.82) is 0 Å². The van der Waals surface area contributed by atoms with Gasteiger partial charge in [0.05, 0.1) is 27.2 Å². The number of hydrogen-bond acceptors (Lipinski definition) is 9. The summed E-state index contributed by atoms with van der Waals surface area (Å²) in [4.78, 5) is 28.8. The van der Waals surface area contributed by atoms with Gasteiger partial charge in [0.1, 0.15) is 12.4 Å². The molecule has 0 aliphatic rings. The van der Waals surface area contributed by atoms with Crippen molar-refractivity contribution in [2.45, 2.75) is 58.5 Å². The van der Waals surface area contributed by atoms with E-state index in [1.54, 1.807) is 18.5 Å². The van der Waals surface area contributed by atoms with Crippen LogP contribution in [0.1, 0.15) is 54.5 Å². The van der Waals surface area contributed by atoms with Gasteiger partial charge < -0.3 is 15.2 Å². The normalized spacial score (nSPS) is 12.2. The van der Waals surface area contributed by atoms with E-state index in [-0.39, 0.29) is 52.8 Å². The molecule has 0 aliphatic carbocycles. The van der Waals surface area contributed by atoms with E-state index in [9.17, 15) is 18.3 Å². The monoisotopic (exact) mass is 718 g/mol. The van der Waals surface area contributed by atoms with Crippen LogP contribution in [0.25, 0.3) is 11.3 Å². The number of ether oxygens (including phenoxy) is 1. The Bertz CT molecular complexity index is 1730. The van der Waals surface area contributed by atoms with E-state index in [0.717, 1.165) is 33.7 Å². The van der Waals surface area contributed by atoms with Gasteiger partial charge in [-0.1, -0.05) is 45.0 Å². The van der Waals surface area contributed by atoms with Crippen molar-refractivity contribution in [2.24, 2.45) is 5.41 Å². The summed E-state index contributed by atoms with van der Waals surface area (Å²) in [5, 5.41) is 12.8. The molecule has 2 heterocycles. The lowest BCUT2D eigenvalue weighted by molar-refractivity contribution is 0.0696. The summed E-state index contributed by atoms with van der Waals surface area (Å²) in [6.07, 6.45) is 4.14. The number of carboxylic acid groups (broad SMARTS) is 1. The lowest BCUT2D eigenvalue weighted by atomic mass is 9.88. The van der Waals surface area contributed by atoms with Gasteiger partial charge in [0.25, 0.3) is 10.0 Å². The second-order valence-electron chi connectivity index (χ2n) is 11.6. The summed E-state index contributed by atoms with van der Waals surface area (Å²) in [7, 11) is -4.23. The minimum atomic E-state index is -4.23. The second-order valence-corrected chi connectivity index (χ2v) is 14.2. The number of rotatable bonds is 12. The van der Waals surface area contributed by atoms with Crippen LogP contribution in [0.3, 0.4) is 0 Å². The third kappa shape index (κ3) is 10.2. The van der Waals surface area contributed by atoms with Gasteiger partial charge in [-0.05, 0) is 70.9 Å². The first-order chi connectivity index (χ1) is 20.7. The molecule has 2 aromatic heterocycles. The zero-order chi connectivity index (χ0) is 32.1. The van der Waals surface area contributed by atoms with Crippen molar-refractivity contribution in [1.82, 2.24) is 25.3 Å². The van der Waals surface area contributed by atoms with E-state index in [4.69, 9.17) is 4.74 Å². The molecule has 0 spiro atoms. The van der Waals surface area contributed by atoms with Crippen LogP contribution in [0.2, 0.25) is 0 Å². The van der Waals surface area contributed by atoms with Crippen molar-refractivity contribution < 1.29 is 23.1 Å². The van der Waals surface area contributed by atoms with E-state index in [1.165, 1.54) is 18.2 Å². The number of anilines is 1. The summed E-state index contributed by atoms with van der Waals surface area (Å²) in [6, 6.07) is 12.5. The quantitative estimate of drug-likeness (QED) is 0.154. The van der Waals surface area contributed by atoms with Gasteiger partial charge in [-0.15, -0.1) is 12.4 Å². The fourth-order valence-electron chi connectivity index (χ4n) is 4.65. The number of aromatic nitrogens is 4. The number of halogens is 2. The summed E-state index contributed by atoms with van der Waals surface area (Å²) in [5.74, 6) is -0.633. The number of nitrogens with one attached hydrogen (secondary N) is 2. The molecule has 0 fully saturated rings. The molecule has 45 heavy (non-hydrogen) atoms. The highest BCUT2D eigenvalue weighted by atomic mass is 79.9. The zero-order valence-corrected chi connectivity index (χ0v) is 28.8. The molecular weight excluding hydrogens is 684 g/mol. The maximum absolute atomic E-state index is 13.3. The lowest BCUT2D eigenvalue weighted by Crippen LogP contribution is -2.38. The number of aryl methyl sites for hydroxylation is 2. The molecule has 0 aliphatic heterocycles. The molecule has 0 bridgehead atoms. The van der Waals surface area contributed by atoms with E-state index >= 15 is 0 Å². The molecule has 4 rings (SSSR count). The first-order valence-corrected chi connectivity index (χ1v) is 16.1. The molecule has 2 aromatic carbocycles. The highest BCUT2D eigenvalue weighted by Gasteiger charge is 2.22. The van der Waals surface area contributed by atoms with Crippen molar-refractivity contribution in [2.75, 3.05) is 11.3 Å². The molecule has 11 nitrogen and oxygen atoms in total. The van der Waals surface area contributed by atoms with Gasteiger partial charge in [0.2, 0.25) is 11.8 Å². The van der Waals surface area contributed by atoms with Gasteiger partial charge in [-0.3, -0.25) is 0 Å². The smallest absolute Gasteiger partial charge is 0.335 e. The van der Waals surface area contributed by atoms with Crippen molar-refractivity contribution >= 4 is 50.3 Å². The Hall–Kier alpha value is -3.65. The summed E-state index contributed by atoms with van der Waals surface area (Å²) in [5.41, 5.74) is 3.00. The molecule has 0 radical (unpaired) electrons. The van der Waals surface area contributed by atoms with E-state index in [2.05, 4.69) is 66.7 Å². The Balaban J connectivity index is 0.00000552. The molecule has 4 aromatic rings. The van der Waals surface area contributed by atoms with Crippen LogP contribution in [-0.4, -0.2) is 52.1 Å². The van der Waals surface area contributed by atoms with E-state index < -0.39 is 16.0 Å². The maximum atomic E-state index is 13.3. The first-order valence-electron chi connectivity index (χ1n) is 13.8. The Morgan fingerprint density at radius 1 is 1.02 bits per heavy atom. The molecule has 1 atom stereocenters. The predicted molar refractivity (Wildman–Crippen MR) is 178 cm³/mol. The van der Waals surface area contributed by atoms with Crippen LogP contribution in [0.4, 0.5) is 5.95 Å². The predicted octanol–water partition coefficient (Wildman–Crippen LogP) is 6.21. The molecule has 0 saturated heterocycles. The van der Waals surface area contributed by atoms with Crippen LogP contribution >= 0.6 is 28.3 Å². The topological polar surface area (TPSA) is 156 Å². The highest BCUT2D eigenvalue weighted by molar-refractivity contribution is 9.10. The second kappa shape index (κ2) is 15.1. The standard InChI is InChI=1S/C31H35BrN6O5S.ClH/c1-19-8-6-9-20(2)28(19)25-13-27(37-30(36-25)38-44(41,42)24-11-7-10-21(12-24)29(39)40)43-18-23(14-31(3,4)5)33-17-26-34-15-22(32)16-35-26;/h6-13,15-16,23,33H,14,17-18H2,1-5H3,(H,39,40)(H,36,37,38);1H/t23-;/m1./s1. The lowest BCUT2D eigenvalue weighted by Gasteiger charge is -2.27. The molecule has 0 saturated carbocycles. The summed E-state index contributed by atoms with van der Waals surface area (Å²) >= 11 is 3.35. The minimum absolute atomic E-state index is 0. The van der Waals surface area contributed by atoms with Gasteiger partial charge in [-0.25, -0.2) is 32.9 Å². The molecule has 0 amide bonds. The Morgan fingerprint density at radius 2 is 1.67 bits per heavy atom. The molecule has 240 valence electrons. The number of carboxylic acids is 1. The number of nitrogens with zero attached hydrogens (tertiary/aromatic N) is 4. The van der Waals surface area contributed by atoms with Crippen LogP contribution in [-0.2, 0) is 16.6 Å². The van der Waals surface area contributed by atoms with Crippen LogP contribution in [0.15, 0.2) is 70.3 Å². The SMILES string of the molecule is Cc1cccc(C)c1-c1cc(OC[C@@H](CC(C)(C)C)NCc2ncc(Br)cn2)nc(NS(=O)(=O)c2cccc(C(=O)O)c2)n1.Cl. The minimum Gasteiger partial charge on any atom is -0.478 e. The van der Waals surface area contributed by atoms with Crippen LogP contribution < -0.4 is 14.8 Å². The van der Waals surface area contributed by atoms with Crippen molar-refractivity contribution in [3.63, 3.8) is 0 Å². The highest BCUT2D eigenvalue weighted by Crippen LogP contribution is 2.30. The van der Waals surface area contributed by atoms with Gasteiger partial charge >= 0.3 is 5.97 Å². The fourth-order valence-corrected chi connectivity index (χ4v) is 5.84. The van der Waals surface area contributed by atoms with Crippen LogP contribution in [0.5, 0.6) is 5.88 Å². The average Bonchev–Trinajstić information content (AvgIpc) is 2.94. The fraction of sp³-hybridized carbons (Fsp3) is 0.323. The summed E-state index contributed by atoms with van der Waals surface area (Å²) < 4.78 is 36.0. The van der Waals surface area contributed by atoms with E-state index in [1.807, 2.05) is 32.0 Å². The van der Waals surface area contributed by atoms with Crippen LogP contribution in [0, 0.1) is 19.3 Å². The summed E-state index contributed by atoms with van der Waals surface area (Å²) in [6.45, 7) is 10.9. The third-order valence-electron chi connectivity index (χ3n) is 6.57. The number of carbonyl (C=O) groups is 1. The number of benzene rings is 2. The molecule has 3 N–H and O–H groups in total. The molecular formula is C31H36BrClN6O5S. The number of hydrogen-bond donors (Lipinski definition) is 3. The van der Waals surface area contributed by atoms with Crippen molar-refractivity contribution in [3.05, 3.63) is 87.9 Å². The molecule has 14 heteroatoms. The first kappa shape index (κ1) is 35.8. The number of aromatic carboxylic acids is 1. The Labute approximate surface area is 277 Å². The van der Waals surface area contributed by atoms with Gasteiger partial charge in [0, 0.05) is 30.1 Å². The maximum Gasteiger partial charge on any atom is 0.335 e.